The Balaban J connectivity index is 2.15. The number of carboxylic acid groups (broad SMARTS) is 1. The van der Waals surface area contributed by atoms with Crippen molar-refractivity contribution in [2.24, 2.45) is 0 Å². The summed E-state index contributed by atoms with van der Waals surface area (Å²) in [4.78, 5) is 13.4. The largest absolute Gasteiger partial charge is 0.497 e. The van der Waals surface area contributed by atoms with Gasteiger partial charge in [0.25, 0.3) is 0 Å². The van der Waals surface area contributed by atoms with Crippen molar-refractivity contribution in [3.63, 3.8) is 0 Å². The van der Waals surface area contributed by atoms with Crippen LogP contribution in [0.25, 0.3) is 0 Å². The molecular formula is C17H19NO3. The first-order valence-electron chi connectivity index (χ1n) is 6.72. The van der Waals surface area contributed by atoms with Gasteiger partial charge in [-0.25, -0.2) is 0 Å². The molecular weight excluding hydrogens is 266 g/mol. The van der Waals surface area contributed by atoms with Crippen molar-refractivity contribution in [3.8, 4) is 5.75 Å². The molecule has 1 atom stereocenters. The molecule has 0 aliphatic heterocycles. The summed E-state index contributed by atoms with van der Waals surface area (Å²) in [5, 5.41) is 9.50. The number of likely N-dealkylation sites (N-methyl/N-ethyl adjacent to an activating group) is 1. The van der Waals surface area contributed by atoms with Crippen molar-refractivity contribution < 1.29 is 14.6 Å². The summed E-state index contributed by atoms with van der Waals surface area (Å²) in [6, 6.07) is 16.2. The Labute approximate surface area is 124 Å². The number of nitrogens with zero attached hydrogens (tertiary/aromatic N) is 1. The number of hydrogen-bond donors (Lipinski definition) is 1. The predicted molar refractivity (Wildman–Crippen MR) is 81.3 cm³/mol. The minimum atomic E-state index is -0.850. The Morgan fingerprint density at radius 3 is 2.29 bits per heavy atom. The molecule has 0 spiro atoms. The molecule has 4 heteroatoms. The fourth-order valence-corrected chi connectivity index (χ4v) is 2.33. The molecule has 2 rings (SSSR count). The van der Waals surface area contributed by atoms with Crippen molar-refractivity contribution in [3.05, 3.63) is 65.7 Å². The molecule has 110 valence electrons. The quantitative estimate of drug-likeness (QED) is 0.886. The lowest BCUT2D eigenvalue weighted by atomic mass is 10.1. The fraction of sp³-hybridized carbons (Fsp3) is 0.235. The van der Waals surface area contributed by atoms with Crippen molar-refractivity contribution in [2.75, 3.05) is 14.2 Å². The summed E-state index contributed by atoms with van der Waals surface area (Å²) in [5.74, 6) is -0.0588. The first-order chi connectivity index (χ1) is 10.1. The number of methoxy groups -OCH3 is 1. The van der Waals surface area contributed by atoms with Crippen LogP contribution in [0.1, 0.15) is 17.2 Å². The number of carbonyl (C=O) groups is 1. The van der Waals surface area contributed by atoms with Gasteiger partial charge >= 0.3 is 5.97 Å². The lowest BCUT2D eigenvalue weighted by molar-refractivity contribution is -0.143. The Hall–Kier alpha value is -2.33. The Bertz CT molecular complexity index is 581. The second-order valence-corrected chi connectivity index (χ2v) is 4.91. The van der Waals surface area contributed by atoms with Crippen LogP contribution in [-0.4, -0.2) is 30.1 Å². The number of benzene rings is 2. The summed E-state index contributed by atoms with van der Waals surface area (Å²) in [5.41, 5.74) is 1.82. The van der Waals surface area contributed by atoms with Crippen LogP contribution in [0.2, 0.25) is 0 Å². The molecule has 0 saturated heterocycles. The molecule has 0 saturated carbocycles. The number of hydrogen-bond acceptors (Lipinski definition) is 3. The molecule has 0 bridgehead atoms. The molecule has 0 amide bonds. The van der Waals surface area contributed by atoms with Crippen LogP contribution in [0.4, 0.5) is 0 Å². The smallest absolute Gasteiger partial charge is 0.325 e. The third-order valence-corrected chi connectivity index (χ3v) is 3.38. The molecule has 0 fully saturated rings. The van der Waals surface area contributed by atoms with Crippen LogP contribution >= 0.6 is 0 Å². The van der Waals surface area contributed by atoms with Crippen molar-refractivity contribution in [1.82, 2.24) is 4.90 Å². The molecule has 2 aromatic rings. The molecule has 21 heavy (non-hydrogen) atoms. The third kappa shape index (κ3) is 3.83. The lowest BCUT2D eigenvalue weighted by Gasteiger charge is -2.25. The average Bonchev–Trinajstić information content (AvgIpc) is 2.49. The molecule has 1 N–H and O–H groups in total. The van der Waals surface area contributed by atoms with Gasteiger partial charge in [-0.15, -0.1) is 0 Å². The van der Waals surface area contributed by atoms with Crippen molar-refractivity contribution in [1.29, 1.82) is 0 Å². The van der Waals surface area contributed by atoms with E-state index in [9.17, 15) is 9.90 Å². The van der Waals surface area contributed by atoms with Gasteiger partial charge in [-0.2, -0.15) is 0 Å². The minimum absolute atomic E-state index is 0.551. The molecule has 0 radical (unpaired) electrons. The molecule has 0 aliphatic carbocycles. The van der Waals surface area contributed by atoms with Gasteiger partial charge in [-0.1, -0.05) is 42.5 Å². The molecule has 2 aromatic carbocycles. The van der Waals surface area contributed by atoms with E-state index >= 15 is 0 Å². The maximum absolute atomic E-state index is 11.6. The molecule has 0 aromatic heterocycles. The van der Waals surface area contributed by atoms with Crippen LogP contribution in [0.3, 0.4) is 0 Å². The first-order valence-corrected chi connectivity index (χ1v) is 6.72. The van der Waals surface area contributed by atoms with E-state index < -0.39 is 12.0 Å². The van der Waals surface area contributed by atoms with Crippen LogP contribution in [-0.2, 0) is 11.3 Å². The predicted octanol–water partition coefficient (Wildman–Crippen LogP) is 2.95. The van der Waals surface area contributed by atoms with Gasteiger partial charge in [-0.3, -0.25) is 9.69 Å². The molecule has 0 heterocycles. The second kappa shape index (κ2) is 6.90. The zero-order valence-electron chi connectivity index (χ0n) is 12.2. The first kappa shape index (κ1) is 15.1. The van der Waals surface area contributed by atoms with E-state index in [-0.39, 0.29) is 0 Å². The van der Waals surface area contributed by atoms with E-state index in [0.29, 0.717) is 6.54 Å². The normalized spacial score (nSPS) is 12.1. The Morgan fingerprint density at radius 1 is 1.14 bits per heavy atom. The van der Waals surface area contributed by atoms with Gasteiger partial charge in [0.2, 0.25) is 0 Å². The number of ether oxygens (including phenoxy) is 1. The van der Waals surface area contributed by atoms with Gasteiger partial charge < -0.3 is 9.84 Å². The van der Waals surface area contributed by atoms with Crippen molar-refractivity contribution in [2.45, 2.75) is 12.6 Å². The lowest BCUT2D eigenvalue weighted by Crippen LogP contribution is -2.30. The molecule has 0 aliphatic rings. The highest BCUT2D eigenvalue weighted by molar-refractivity contribution is 5.75. The van der Waals surface area contributed by atoms with E-state index in [1.807, 2.05) is 66.5 Å². The van der Waals surface area contributed by atoms with E-state index in [2.05, 4.69) is 0 Å². The highest BCUT2D eigenvalue weighted by Crippen LogP contribution is 2.22. The monoisotopic (exact) mass is 285 g/mol. The Kier molecular flexibility index (Phi) is 4.95. The van der Waals surface area contributed by atoms with Gasteiger partial charge in [0, 0.05) is 6.54 Å². The second-order valence-electron chi connectivity index (χ2n) is 4.91. The Morgan fingerprint density at radius 2 is 1.76 bits per heavy atom. The maximum Gasteiger partial charge on any atom is 0.325 e. The van der Waals surface area contributed by atoms with E-state index in [4.69, 9.17) is 4.74 Å². The zero-order valence-corrected chi connectivity index (χ0v) is 12.2. The topological polar surface area (TPSA) is 49.8 Å². The molecule has 1 unspecified atom stereocenters. The van der Waals surface area contributed by atoms with Crippen LogP contribution < -0.4 is 4.74 Å². The van der Waals surface area contributed by atoms with Gasteiger partial charge in [0.05, 0.1) is 7.11 Å². The summed E-state index contributed by atoms with van der Waals surface area (Å²) in [6.45, 7) is 0.551. The number of aliphatic carboxylic acids is 1. The average molecular weight is 285 g/mol. The summed E-state index contributed by atoms with van der Waals surface area (Å²) >= 11 is 0. The summed E-state index contributed by atoms with van der Waals surface area (Å²) < 4.78 is 5.12. The third-order valence-electron chi connectivity index (χ3n) is 3.38. The SMILES string of the molecule is COc1ccc(CN(C)C(C(=O)O)c2ccccc2)cc1. The summed E-state index contributed by atoms with van der Waals surface area (Å²) in [6.07, 6.45) is 0. The van der Waals surface area contributed by atoms with Crippen molar-refractivity contribution >= 4 is 5.97 Å². The number of rotatable bonds is 6. The van der Waals surface area contributed by atoms with Gasteiger partial charge in [0.15, 0.2) is 0 Å². The maximum atomic E-state index is 11.6. The highest BCUT2D eigenvalue weighted by atomic mass is 16.5. The standard InChI is InChI=1S/C17H19NO3/c1-18(12-13-8-10-15(21-2)11-9-13)16(17(19)20)14-6-4-3-5-7-14/h3-11,16H,12H2,1-2H3,(H,19,20). The minimum Gasteiger partial charge on any atom is -0.497 e. The van der Waals surface area contributed by atoms with Crippen LogP contribution in [0.5, 0.6) is 5.75 Å². The van der Waals surface area contributed by atoms with Gasteiger partial charge in [-0.05, 0) is 30.3 Å². The van der Waals surface area contributed by atoms with E-state index in [1.165, 1.54) is 0 Å². The van der Waals surface area contributed by atoms with Crippen LogP contribution in [0.15, 0.2) is 54.6 Å². The fourth-order valence-electron chi connectivity index (χ4n) is 2.33. The number of carboxylic acids is 1. The van der Waals surface area contributed by atoms with E-state index in [0.717, 1.165) is 16.9 Å². The highest BCUT2D eigenvalue weighted by Gasteiger charge is 2.24. The van der Waals surface area contributed by atoms with Gasteiger partial charge in [0.1, 0.15) is 11.8 Å². The molecule has 4 nitrogen and oxygen atoms in total. The van der Waals surface area contributed by atoms with Crippen LogP contribution in [0, 0.1) is 0 Å². The zero-order chi connectivity index (χ0) is 15.2. The van der Waals surface area contributed by atoms with E-state index in [1.54, 1.807) is 7.11 Å². The summed E-state index contributed by atoms with van der Waals surface area (Å²) in [7, 11) is 3.44.